The Balaban J connectivity index is 2.04. The first-order valence-electron chi connectivity index (χ1n) is 8.40. The van der Waals surface area contributed by atoms with Crippen LogP contribution in [0.3, 0.4) is 0 Å². The Hall–Kier alpha value is -2.45. The van der Waals surface area contributed by atoms with Gasteiger partial charge in [0, 0.05) is 22.8 Å². The van der Waals surface area contributed by atoms with Crippen molar-refractivity contribution in [1.82, 2.24) is 4.57 Å². The van der Waals surface area contributed by atoms with E-state index in [1.807, 2.05) is 0 Å². The number of ether oxygens (including phenoxy) is 2. The lowest BCUT2D eigenvalue weighted by atomic mass is 9.99. The van der Waals surface area contributed by atoms with Gasteiger partial charge in [-0.05, 0) is 36.8 Å². The quantitative estimate of drug-likeness (QED) is 0.648. The molecule has 1 unspecified atom stereocenters. The number of aromatic nitrogens is 1. The molecule has 10 heteroatoms. The van der Waals surface area contributed by atoms with Gasteiger partial charge in [0.05, 0.1) is 23.7 Å². The fourth-order valence-electron chi connectivity index (χ4n) is 2.81. The lowest BCUT2D eigenvalue weighted by molar-refractivity contribution is -0.187. The molecule has 0 N–H and O–H groups in total. The van der Waals surface area contributed by atoms with Gasteiger partial charge in [-0.2, -0.15) is 13.2 Å². The summed E-state index contributed by atoms with van der Waals surface area (Å²) in [5.41, 5.74) is -0.479. The molecular formula is C19H14Cl2F3NO4. The van der Waals surface area contributed by atoms with Crippen LogP contribution >= 0.6 is 23.2 Å². The van der Waals surface area contributed by atoms with E-state index in [2.05, 4.69) is 0 Å². The van der Waals surface area contributed by atoms with E-state index in [0.29, 0.717) is 10.6 Å². The maximum atomic E-state index is 13.5. The van der Waals surface area contributed by atoms with Gasteiger partial charge in [0.25, 0.3) is 5.56 Å². The van der Waals surface area contributed by atoms with Crippen LogP contribution in [0, 0.1) is 0 Å². The lowest BCUT2D eigenvalue weighted by Crippen LogP contribution is -2.40. The SMILES string of the molecule is CCOC(=O)C1=Cc2cc(Cl)c(Cn3cc(Cl)ccc3=O)cc2OC1C(F)(F)F. The van der Waals surface area contributed by atoms with Gasteiger partial charge in [-0.15, -0.1) is 0 Å². The van der Waals surface area contributed by atoms with Crippen molar-refractivity contribution in [2.45, 2.75) is 25.7 Å². The number of hydrogen-bond donors (Lipinski definition) is 0. The minimum absolute atomic E-state index is 0.0278. The van der Waals surface area contributed by atoms with Crippen LogP contribution < -0.4 is 10.3 Å². The normalized spacial score (nSPS) is 15.9. The molecule has 154 valence electrons. The number of esters is 1. The van der Waals surface area contributed by atoms with Crippen LogP contribution in [-0.2, 0) is 16.1 Å². The molecule has 5 nitrogen and oxygen atoms in total. The third kappa shape index (κ3) is 4.59. The van der Waals surface area contributed by atoms with Gasteiger partial charge in [-0.3, -0.25) is 4.79 Å². The molecule has 0 aliphatic carbocycles. The summed E-state index contributed by atoms with van der Waals surface area (Å²) < 4.78 is 51.4. The van der Waals surface area contributed by atoms with Gasteiger partial charge in [0.15, 0.2) is 0 Å². The van der Waals surface area contributed by atoms with Crippen LogP contribution in [0.2, 0.25) is 10.0 Å². The zero-order chi connectivity index (χ0) is 21.3. The number of benzene rings is 1. The van der Waals surface area contributed by atoms with E-state index in [1.165, 1.54) is 42.0 Å². The Bertz CT molecular complexity index is 1050. The standard InChI is InChI=1S/C19H14Cl2F3NO4/c1-2-28-18(27)13-5-10-6-14(21)11(7-15(10)29-17(13)19(22,23)24)8-25-9-12(20)3-4-16(25)26/h3-7,9,17H,2,8H2,1H3. The number of fused-ring (bicyclic) bond motifs is 1. The van der Waals surface area contributed by atoms with Crippen LogP contribution in [0.1, 0.15) is 18.1 Å². The highest BCUT2D eigenvalue weighted by Gasteiger charge is 2.48. The number of carbonyl (C=O) groups is 1. The summed E-state index contributed by atoms with van der Waals surface area (Å²) in [5.74, 6) is -1.24. The maximum absolute atomic E-state index is 13.5. The molecule has 2 aromatic rings. The molecule has 1 atom stereocenters. The van der Waals surface area contributed by atoms with Crippen molar-refractivity contribution >= 4 is 35.2 Å². The highest BCUT2D eigenvalue weighted by molar-refractivity contribution is 6.31. The number of carbonyl (C=O) groups excluding carboxylic acids is 1. The number of rotatable bonds is 4. The number of pyridine rings is 1. The second kappa shape index (κ2) is 8.12. The summed E-state index contributed by atoms with van der Waals surface area (Å²) in [6.07, 6.45) is -4.87. The average Bonchev–Trinajstić information content (AvgIpc) is 2.63. The van der Waals surface area contributed by atoms with E-state index in [1.54, 1.807) is 0 Å². The molecule has 0 bridgehead atoms. The Morgan fingerprint density at radius 2 is 2.00 bits per heavy atom. The van der Waals surface area contributed by atoms with E-state index in [9.17, 15) is 22.8 Å². The first-order chi connectivity index (χ1) is 13.6. The van der Waals surface area contributed by atoms with Gasteiger partial charge in [-0.1, -0.05) is 23.2 Å². The van der Waals surface area contributed by atoms with E-state index >= 15 is 0 Å². The van der Waals surface area contributed by atoms with Crippen molar-refractivity contribution in [3.05, 3.63) is 67.6 Å². The number of alkyl halides is 3. The minimum atomic E-state index is -4.83. The Morgan fingerprint density at radius 1 is 1.28 bits per heavy atom. The highest BCUT2D eigenvalue weighted by atomic mass is 35.5. The van der Waals surface area contributed by atoms with Crippen molar-refractivity contribution in [3.63, 3.8) is 0 Å². The van der Waals surface area contributed by atoms with Crippen LogP contribution in [0.25, 0.3) is 6.08 Å². The van der Waals surface area contributed by atoms with Gasteiger partial charge in [0.1, 0.15) is 5.75 Å². The molecule has 1 aromatic heterocycles. The predicted octanol–water partition coefficient (Wildman–Crippen LogP) is 4.47. The molecular weight excluding hydrogens is 434 g/mol. The molecule has 1 aliphatic heterocycles. The van der Waals surface area contributed by atoms with Crippen molar-refractivity contribution < 1.29 is 27.4 Å². The summed E-state index contributed by atoms with van der Waals surface area (Å²) in [4.78, 5) is 23.9. The lowest BCUT2D eigenvalue weighted by Gasteiger charge is -2.28. The second-order valence-corrected chi connectivity index (χ2v) is 7.00. The molecule has 0 fully saturated rings. The second-order valence-electron chi connectivity index (χ2n) is 6.15. The Labute approximate surface area is 173 Å². The fourth-order valence-corrected chi connectivity index (χ4v) is 3.23. The summed E-state index contributed by atoms with van der Waals surface area (Å²) >= 11 is 12.1. The Kier molecular flexibility index (Phi) is 5.95. The number of halogens is 5. The topological polar surface area (TPSA) is 57.5 Å². The maximum Gasteiger partial charge on any atom is 0.430 e. The fraction of sp³-hybridized carbons (Fsp3) is 0.263. The summed E-state index contributed by atoms with van der Waals surface area (Å²) in [5, 5.41) is 0.498. The third-order valence-corrected chi connectivity index (χ3v) is 4.69. The van der Waals surface area contributed by atoms with Gasteiger partial charge < -0.3 is 14.0 Å². The summed E-state index contributed by atoms with van der Waals surface area (Å²) in [7, 11) is 0. The minimum Gasteiger partial charge on any atom is -0.475 e. The van der Waals surface area contributed by atoms with Crippen molar-refractivity contribution in [2.75, 3.05) is 6.61 Å². The van der Waals surface area contributed by atoms with Gasteiger partial charge in [0.2, 0.25) is 6.10 Å². The van der Waals surface area contributed by atoms with E-state index in [4.69, 9.17) is 32.7 Å². The molecule has 0 amide bonds. The number of nitrogens with zero attached hydrogens (tertiary/aromatic N) is 1. The summed E-state index contributed by atoms with van der Waals surface area (Å²) in [6, 6.07) is 5.36. The molecule has 29 heavy (non-hydrogen) atoms. The predicted molar refractivity (Wildman–Crippen MR) is 101 cm³/mol. The van der Waals surface area contributed by atoms with E-state index < -0.39 is 23.8 Å². The molecule has 0 saturated heterocycles. The van der Waals surface area contributed by atoms with Crippen molar-refractivity contribution in [2.24, 2.45) is 0 Å². The average molecular weight is 448 g/mol. The first-order valence-corrected chi connectivity index (χ1v) is 9.16. The van der Waals surface area contributed by atoms with E-state index in [0.717, 1.165) is 6.08 Å². The van der Waals surface area contributed by atoms with Gasteiger partial charge in [-0.25, -0.2) is 4.79 Å². The zero-order valence-corrected chi connectivity index (χ0v) is 16.4. The van der Waals surface area contributed by atoms with Crippen LogP contribution in [-0.4, -0.2) is 29.4 Å². The molecule has 0 radical (unpaired) electrons. The van der Waals surface area contributed by atoms with Crippen LogP contribution in [0.15, 0.2) is 40.8 Å². The monoisotopic (exact) mass is 447 g/mol. The van der Waals surface area contributed by atoms with E-state index in [-0.39, 0.29) is 35.0 Å². The molecule has 1 aliphatic rings. The first kappa shape index (κ1) is 21.3. The number of hydrogen-bond acceptors (Lipinski definition) is 4. The van der Waals surface area contributed by atoms with Crippen molar-refractivity contribution in [3.8, 4) is 5.75 Å². The molecule has 1 aromatic carbocycles. The smallest absolute Gasteiger partial charge is 0.430 e. The summed E-state index contributed by atoms with van der Waals surface area (Å²) in [6.45, 7) is 1.38. The van der Waals surface area contributed by atoms with Gasteiger partial charge >= 0.3 is 12.1 Å². The zero-order valence-electron chi connectivity index (χ0n) is 14.9. The third-order valence-electron chi connectivity index (χ3n) is 4.11. The molecule has 0 saturated carbocycles. The van der Waals surface area contributed by atoms with Crippen LogP contribution in [0.5, 0.6) is 5.75 Å². The van der Waals surface area contributed by atoms with Crippen molar-refractivity contribution in [1.29, 1.82) is 0 Å². The molecule has 0 spiro atoms. The van der Waals surface area contributed by atoms with Crippen LogP contribution in [0.4, 0.5) is 13.2 Å². The Morgan fingerprint density at radius 3 is 2.66 bits per heavy atom. The highest BCUT2D eigenvalue weighted by Crippen LogP contribution is 2.39. The largest absolute Gasteiger partial charge is 0.475 e. The molecule has 3 rings (SSSR count). The molecule has 2 heterocycles.